The number of nitro benzene ring substituents is 1. The van der Waals surface area contributed by atoms with Crippen LogP contribution in [0.3, 0.4) is 0 Å². The number of hydrogen-bond donors (Lipinski definition) is 2. The number of nitrogens with one attached hydrogen (secondary N) is 1. The second-order valence-electron chi connectivity index (χ2n) is 7.67. The molecule has 2 unspecified atom stereocenters. The monoisotopic (exact) mass is 462 g/mol. The summed E-state index contributed by atoms with van der Waals surface area (Å²) >= 11 is 3.30. The lowest BCUT2D eigenvalue weighted by Gasteiger charge is -2.33. The molecule has 0 radical (unpaired) electrons. The Bertz CT molecular complexity index is 999. The molecule has 2 aromatic rings. The fourth-order valence-electron chi connectivity index (χ4n) is 3.41. The Morgan fingerprint density at radius 1 is 1.24 bits per heavy atom. The van der Waals surface area contributed by atoms with E-state index in [2.05, 4.69) is 21.2 Å². The molecule has 9 heteroatoms. The van der Waals surface area contributed by atoms with Crippen LogP contribution in [0.2, 0.25) is 0 Å². The lowest BCUT2D eigenvalue weighted by Crippen LogP contribution is -2.53. The van der Waals surface area contributed by atoms with Crippen LogP contribution in [0.5, 0.6) is 0 Å². The van der Waals surface area contributed by atoms with Crippen LogP contribution in [-0.4, -0.2) is 27.5 Å². The van der Waals surface area contributed by atoms with E-state index in [1.165, 1.54) is 18.2 Å². The number of aliphatic hydroxyl groups excluding tert-OH is 1. The van der Waals surface area contributed by atoms with Crippen molar-refractivity contribution in [1.82, 2.24) is 5.32 Å². The minimum atomic E-state index is -1.96. The number of benzene rings is 2. The highest BCUT2D eigenvalue weighted by atomic mass is 79.9. The fourth-order valence-corrected chi connectivity index (χ4v) is 3.68. The summed E-state index contributed by atoms with van der Waals surface area (Å²) in [5.74, 6) is -0.656. The molecule has 152 valence electrons. The van der Waals surface area contributed by atoms with Crippen LogP contribution in [0.15, 0.2) is 46.9 Å². The standard InChI is InChI=1S/C20H19BrN2O6/c1-19(2,3)29-18(26)22-20(11-7-9-12(21)10-8-11)16(24)13-5-4-6-14(23(27)28)15(13)17(20)25/h4-10,17,25H,1-3H3,(H,22,26). The van der Waals surface area contributed by atoms with E-state index in [4.69, 9.17) is 4.74 Å². The summed E-state index contributed by atoms with van der Waals surface area (Å²) in [6.45, 7) is 4.97. The van der Waals surface area contributed by atoms with Crippen molar-refractivity contribution in [3.63, 3.8) is 0 Å². The van der Waals surface area contributed by atoms with E-state index >= 15 is 0 Å². The molecule has 0 aromatic heterocycles. The SMILES string of the molecule is CC(C)(C)OC(=O)NC1(c2ccc(Br)cc2)C(=O)c2cccc([N+](=O)[O-])c2C1O. The van der Waals surface area contributed by atoms with Crippen LogP contribution in [0.1, 0.15) is 48.4 Å². The Kier molecular flexibility index (Phi) is 5.22. The molecule has 1 aliphatic carbocycles. The molecule has 1 amide bonds. The normalized spacial score (nSPS) is 20.9. The number of carbonyl (C=O) groups is 2. The summed E-state index contributed by atoms with van der Waals surface area (Å²) in [6, 6.07) is 10.4. The van der Waals surface area contributed by atoms with Gasteiger partial charge in [0.2, 0.25) is 0 Å². The highest BCUT2D eigenvalue weighted by Crippen LogP contribution is 2.49. The van der Waals surface area contributed by atoms with Crippen LogP contribution >= 0.6 is 15.9 Å². The Morgan fingerprint density at radius 3 is 2.41 bits per heavy atom. The molecule has 2 aromatic carbocycles. The quantitative estimate of drug-likeness (QED) is 0.525. The second kappa shape index (κ2) is 7.23. The van der Waals surface area contributed by atoms with Crippen molar-refractivity contribution in [2.24, 2.45) is 0 Å². The third kappa shape index (κ3) is 3.63. The van der Waals surface area contributed by atoms with Crippen molar-refractivity contribution >= 4 is 33.5 Å². The van der Waals surface area contributed by atoms with E-state index in [1.807, 2.05) is 0 Å². The topological polar surface area (TPSA) is 119 Å². The smallest absolute Gasteiger partial charge is 0.408 e. The second-order valence-corrected chi connectivity index (χ2v) is 8.58. The molecule has 0 saturated heterocycles. The van der Waals surface area contributed by atoms with Gasteiger partial charge in [0, 0.05) is 16.1 Å². The van der Waals surface area contributed by atoms with Crippen LogP contribution in [0, 0.1) is 10.1 Å². The minimum absolute atomic E-state index is 0.0225. The van der Waals surface area contributed by atoms with Gasteiger partial charge in [-0.15, -0.1) is 0 Å². The van der Waals surface area contributed by atoms with Gasteiger partial charge in [-0.05, 0) is 38.5 Å². The summed E-state index contributed by atoms with van der Waals surface area (Å²) in [6.07, 6.45) is -2.61. The summed E-state index contributed by atoms with van der Waals surface area (Å²) in [5, 5.41) is 25.1. The zero-order chi connectivity index (χ0) is 21.6. The van der Waals surface area contributed by atoms with Gasteiger partial charge < -0.3 is 15.2 Å². The Balaban J connectivity index is 2.20. The van der Waals surface area contributed by atoms with E-state index < -0.39 is 39.7 Å². The maximum absolute atomic E-state index is 13.4. The van der Waals surface area contributed by atoms with Gasteiger partial charge in [-0.1, -0.05) is 40.2 Å². The Hall–Kier alpha value is -2.78. The minimum Gasteiger partial charge on any atom is -0.444 e. The number of Topliss-reactive ketones (excluding diaryl/α,β-unsaturated/α-hetero) is 1. The molecular weight excluding hydrogens is 444 g/mol. The number of rotatable bonds is 3. The van der Waals surface area contributed by atoms with Crippen molar-refractivity contribution in [1.29, 1.82) is 0 Å². The van der Waals surface area contributed by atoms with Gasteiger partial charge in [0.05, 0.1) is 10.5 Å². The molecule has 0 bridgehead atoms. The fraction of sp³-hybridized carbons (Fsp3) is 0.300. The number of hydrogen-bond acceptors (Lipinski definition) is 6. The number of fused-ring (bicyclic) bond motifs is 1. The zero-order valence-electron chi connectivity index (χ0n) is 15.9. The van der Waals surface area contributed by atoms with Crippen LogP contribution in [0.4, 0.5) is 10.5 Å². The van der Waals surface area contributed by atoms with E-state index in [1.54, 1.807) is 45.0 Å². The van der Waals surface area contributed by atoms with Crippen molar-refractivity contribution in [2.75, 3.05) is 0 Å². The van der Waals surface area contributed by atoms with E-state index in [0.717, 1.165) is 4.47 Å². The first-order valence-electron chi connectivity index (χ1n) is 8.75. The van der Waals surface area contributed by atoms with Crippen LogP contribution < -0.4 is 5.32 Å². The van der Waals surface area contributed by atoms with Crippen LogP contribution in [0.25, 0.3) is 0 Å². The number of halogens is 1. The number of aliphatic hydroxyl groups is 1. The number of ether oxygens (including phenoxy) is 1. The first-order chi connectivity index (χ1) is 13.5. The van der Waals surface area contributed by atoms with Gasteiger partial charge in [0.25, 0.3) is 5.69 Å². The summed E-state index contributed by atoms with van der Waals surface area (Å²) in [5.41, 5.74) is -3.09. The van der Waals surface area contributed by atoms with Gasteiger partial charge >= 0.3 is 6.09 Å². The molecule has 0 aliphatic heterocycles. The van der Waals surface area contributed by atoms with Crippen molar-refractivity contribution in [3.8, 4) is 0 Å². The highest BCUT2D eigenvalue weighted by Gasteiger charge is 2.58. The molecule has 0 spiro atoms. The predicted octanol–water partition coefficient (Wildman–Crippen LogP) is 4.01. The molecule has 1 aliphatic rings. The van der Waals surface area contributed by atoms with Gasteiger partial charge in [-0.25, -0.2) is 4.79 Å². The van der Waals surface area contributed by atoms with Gasteiger partial charge in [0.1, 0.15) is 11.7 Å². The summed E-state index contributed by atoms with van der Waals surface area (Å²) < 4.78 is 6.01. The van der Waals surface area contributed by atoms with Crippen molar-refractivity contribution in [2.45, 2.75) is 38.0 Å². The molecule has 29 heavy (non-hydrogen) atoms. The molecule has 0 fully saturated rings. The Labute approximate surface area is 175 Å². The highest BCUT2D eigenvalue weighted by molar-refractivity contribution is 9.10. The first-order valence-corrected chi connectivity index (χ1v) is 9.54. The third-order valence-corrected chi connectivity index (χ3v) is 5.09. The first kappa shape index (κ1) is 20.9. The maximum atomic E-state index is 13.4. The number of amides is 1. The van der Waals surface area contributed by atoms with E-state index in [9.17, 15) is 24.8 Å². The van der Waals surface area contributed by atoms with Crippen molar-refractivity contribution in [3.05, 3.63) is 73.7 Å². The summed E-state index contributed by atoms with van der Waals surface area (Å²) in [4.78, 5) is 36.8. The van der Waals surface area contributed by atoms with Gasteiger partial charge in [-0.3, -0.25) is 14.9 Å². The number of nitrogens with zero attached hydrogens (tertiary/aromatic N) is 1. The average Bonchev–Trinajstić information content (AvgIpc) is 2.83. The van der Waals surface area contributed by atoms with E-state index in [0.29, 0.717) is 0 Å². The molecule has 2 atom stereocenters. The molecule has 3 rings (SSSR count). The van der Waals surface area contributed by atoms with Crippen molar-refractivity contribution < 1.29 is 24.4 Å². The molecule has 0 heterocycles. The maximum Gasteiger partial charge on any atom is 0.408 e. The molecular formula is C20H19BrN2O6. The lowest BCUT2D eigenvalue weighted by molar-refractivity contribution is -0.386. The largest absolute Gasteiger partial charge is 0.444 e. The average molecular weight is 463 g/mol. The zero-order valence-corrected chi connectivity index (χ0v) is 17.5. The lowest BCUT2D eigenvalue weighted by atomic mass is 9.84. The number of alkyl carbamates (subject to hydrolysis) is 1. The Morgan fingerprint density at radius 2 is 1.86 bits per heavy atom. The molecule has 8 nitrogen and oxygen atoms in total. The predicted molar refractivity (Wildman–Crippen MR) is 108 cm³/mol. The van der Waals surface area contributed by atoms with E-state index in [-0.39, 0.29) is 16.7 Å². The number of ketones is 1. The molecule has 2 N–H and O–H groups in total. The molecule has 0 saturated carbocycles. The van der Waals surface area contributed by atoms with Gasteiger partial charge in [-0.2, -0.15) is 0 Å². The van der Waals surface area contributed by atoms with Crippen LogP contribution in [-0.2, 0) is 10.3 Å². The number of nitro groups is 1. The number of carbonyl (C=O) groups excluding carboxylic acids is 2. The van der Waals surface area contributed by atoms with Gasteiger partial charge in [0.15, 0.2) is 11.3 Å². The summed E-state index contributed by atoms with van der Waals surface area (Å²) in [7, 11) is 0. The third-order valence-electron chi connectivity index (χ3n) is 4.56.